The molecule has 2 nitrogen and oxygen atoms in total. The molecule has 1 fully saturated rings. The van der Waals surface area contributed by atoms with Crippen LogP contribution in [0.15, 0.2) is 0 Å². The zero-order chi connectivity index (χ0) is 11.1. The van der Waals surface area contributed by atoms with Gasteiger partial charge in [0.15, 0.2) is 0 Å². The van der Waals surface area contributed by atoms with Crippen molar-refractivity contribution in [2.24, 2.45) is 5.41 Å². The second kappa shape index (κ2) is 6.49. The van der Waals surface area contributed by atoms with Crippen molar-refractivity contribution in [1.29, 1.82) is 0 Å². The predicted octanol–water partition coefficient (Wildman–Crippen LogP) is 2.71. The molecule has 0 aromatic rings. The zero-order valence-corrected chi connectivity index (χ0v) is 10.4. The van der Waals surface area contributed by atoms with E-state index in [0.29, 0.717) is 18.1 Å². The third-order valence-corrected chi connectivity index (χ3v) is 3.73. The summed E-state index contributed by atoms with van der Waals surface area (Å²) in [6, 6.07) is 0.709. The Hall–Kier alpha value is -0.0800. The van der Waals surface area contributed by atoms with E-state index in [-0.39, 0.29) is 0 Å². The molecule has 0 aromatic carbocycles. The normalized spacial score (nSPS) is 25.4. The molecular formula is C13H27NO. The van der Waals surface area contributed by atoms with Crippen molar-refractivity contribution in [2.45, 2.75) is 64.8 Å². The fourth-order valence-electron chi connectivity index (χ4n) is 2.56. The molecule has 1 unspecified atom stereocenters. The van der Waals surface area contributed by atoms with Crippen LogP contribution in [0.2, 0.25) is 0 Å². The molecule has 0 heterocycles. The van der Waals surface area contributed by atoms with Gasteiger partial charge in [-0.3, -0.25) is 0 Å². The van der Waals surface area contributed by atoms with Crippen LogP contribution >= 0.6 is 0 Å². The van der Waals surface area contributed by atoms with Crippen LogP contribution in [-0.2, 0) is 0 Å². The molecule has 1 saturated carbocycles. The van der Waals surface area contributed by atoms with Gasteiger partial charge < -0.3 is 10.4 Å². The molecule has 90 valence electrons. The minimum absolute atomic E-state index is 0.342. The maximum absolute atomic E-state index is 8.68. The molecule has 2 N–H and O–H groups in total. The molecule has 1 atom stereocenters. The van der Waals surface area contributed by atoms with Crippen LogP contribution in [0, 0.1) is 5.41 Å². The van der Waals surface area contributed by atoms with Gasteiger partial charge in [0, 0.05) is 12.6 Å². The molecule has 1 rings (SSSR count). The lowest BCUT2D eigenvalue weighted by Crippen LogP contribution is -2.44. The summed E-state index contributed by atoms with van der Waals surface area (Å²) in [5, 5.41) is 12.4. The third kappa shape index (κ3) is 4.52. The Kier molecular flexibility index (Phi) is 5.62. The fourth-order valence-corrected chi connectivity index (χ4v) is 2.56. The number of nitrogens with one attached hydrogen (secondary N) is 1. The van der Waals surface area contributed by atoms with Crippen LogP contribution in [0.25, 0.3) is 0 Å². The van der Waals surface area contributed by atoms with Gasteiger partial charge in [-0.15, -0.1) is 0 Å². The molecule has 15 heavy (non-hydrogen) atoms. The minimum atomic E-state index is 0.342. The van der Waals surface area contributed by atoms with Gasteiger partial charge in [-0.1, -0.05) is 26.7 Å². The summed E-state index contributed by atoms with van der Waals surface area (Å²) in [4.78, 5) is 0. The largest absolute Gasteiger partial charge is 0.396 e. The van der Waals surface area contributed by atoms with Gasteiger partial charge in [0.1, 0.15) is 0 Å². The van der Waals surface area contributed by atoms with Crippen LogP contribution in [0.1, 0.15) is 58.8 Å². The average Bonchev–Trinajstić information content (AvgIpc) is 2.19. The molecule has 1 aliphatic carbocycles. The average molecular weight is 213 g/mol. The van der Waals surface area contributed by atoms with Crippen molar-refractivity contribution in [2.75, 3.05) is 13.2 Å². The van der Waals surface area contributed by atoms with E-state index in [1.54, 1.807) is 0 Å². The lowest BCUT2D eigenvalue weighted by atomic mass is 9.73. The third-order valence-electron chi connectivity index (χ3n) is 3.73. The summed E-state index contributed by atoms with van der Waals surface area (Å²) in [6.07, 6.45) is 8.79. The van der Waals surface area contributed by atoms with Gasteiger partial charge in [-0.25, -0.2) is 0 Å². The smallest absolute Gasteiger partial charge is 0.0431 e. The van der Waals surface area contributed by atoms with Gasteiger partial charge in [-0.05, 0) is 44.1 Å². The highest BCUT2D eigenvalue weighted by molar-refractivity contribution is 4.87. The maximum atomic E-state index is 8.68. The predicted molar refractivity (Wildman–Crippen MR) is 65.0 cm³/mol. The van der Waals surface area contributed by atoms with Crippen LogP contribution in [0.5, 0.6) is 0 Å². The van der Waals surface area contributed by atoms with Crippen molar-refractivity contribution < 1.29 is 5.11 Å². The Morgan fingerprint density at radius 2 is 2.00 bits per heavy atom. The van der Waals surface area contributed by atoms with E-state index in [9.17, 15) is 0 Å². The minimum Gasteiger partial charge on any atom is -0.396 e. The number of aliphatic hydroxyl groups is 1. The molecule has 0 aromatic heterocycles. The Morgan fingerprint density at radius 3 is 2.67 bits per heavy atom. The lowest BCUT2D eigenvalue weighted by molar-refractivity contribution is 0.167. The summed E-state index contributed by atoms with van der Waals surface area (Å²) in [6.45, 7) is 6.23. The van der Waals surface area contributed by atoms with Gasteiger partial charge in [0.25, 0.3) is 0 Å². The van der Waals surface area contributed by atoms with Gasteiger partial charge in [-0.2, -0.15) is 0 Å². The molecule has 0 radical (unpaired) electrons. The van der Waals surface area contributed by atoms with Crippen LogP contribution in [0.4, 0.5) is 0 Å². The summed E-state index contributed by atoms with van der Waals surface area (Å²) < 4.78 is 0. The highest BCUT2D eigenvalue weighted by Crippen LogP contribution is 2.35. The van der Waals surface area contributed by atoms with Gasteiger partial charge in [0.05, 0.1) is 0 Å². The fraction of sp³-hybridized carbons (Fsp3) is 1.00. The van der Waals surface area contributed by atoms with Crippen LogP contribution in [-0.4, -0.2) is 24.3 Å². The molecule has 0 amide bonds. The molecule has 0 saturated heterocycles. The van der Waals surface area contributed by atoms with E-state index in [2.05, 4.69) is 19.2 Å². The SMILES string of the molecule is CC1(C)CCCCC1NCCCCCO. The van der Waals surface area contributed by atoms with Crippen molar-refractivity contribution in [1.82, 2.24) is 5.32 Å². The zero-order valence-electron chi connectivity index (χ0n) is 10.4. The van der Waals surface area contributed by atoms with Crippen molar-refractivity contribution in [3.63, 3.8) is 0 Å². The van der Waals surface area contributed by atoms with E-state index < -0.39 is 0 Å². The first-order chi connectivity index (χ1) is 7.17. The van der Waals surface area contributed by atoms with Crippen molar-refractivity contribution >= 4 is 0 Å². The Balaban J connectivity index is 2.13. The first-order valence-corrected chi connectivity index (χ1v) is 6.51. The summed E-state index contributed by atoms with van der Waals surface area (Å²) in [7, 11) is 0. The molecular weight excluding hydrogens is 186 g/mol. The number of unbranched alkanes of at least 4 members (excludes halogenated alkanes) is 2. The van der Waals surface area contributed by atoms with Crippen LogP contribution < -0.4 is 5.32 Å². The maximum Gasteiger partial charge on any atom is 0.0431 e. The van der Waals surface area contributed by atoms with E-state index in [4.69, 9.17) is 5.11 Å². The van der Waals surface area contributed by atoms with E-state index in [1.165, 1.54) is 32.1 Å². The van der Waals surface area contributed by atoms with Gasteiger partial charge >= 0.3 is 0 Å². The Morgan fingerprint density at radius 1 is 1.20 bits per heavy atom. The topological polar surface area (TPSA) is 32.3 Å². The second-order valence-electron chi connectivity index (χ2n) is 5.53. The quantitative estimate of drug-likeness (QED) is 0.665. The number of hydrogen-bond acceptors (Lipinski definition) is 2. The summed E-state index contributed by atoms with van der Waals surface area (Å²) in [5.41, 5.74) is 0.481. The molecule has 0 spiro atoms. The standard InChI is InChI=1S/C13H27NO/c1-13(2)9-5-4-8-12(13)14-10-6-3-7-11-15/h12,14-15H,3-11H2,1-2H3. The summed E-state index contributed by atoms with van der Waals surface area (Å²) >= 11 is 0. The molecule has 2 heteroatoms. The molecule has 0 bridgehead atoms. The van der Waals surface area contributed by atoms with E-state index >= 15 is 0 Å². The number of hydrogen-bond donors (Lipinski definition) is 2. The van der Waals surface area contributed by atoms with Crippen molar-refractivity contribution in [3.05, 3.63) is 0 Å². The Bertz CT molecular complexity index is 168. The highest BCUT2D eigenvalue weighted by Gasteiger charge is 2.31. The van der Waals surface area contributed by atoms with Crippen LogP contribution in [0.3, 0.4) is 0 Å². The monoisotopic (exact) mass is 213 g/mol. The molecule has 1 aliphatic rings. The second-order valence-corrected chi connectivity index (χ2v) is 5.53. The first kappa shape index (κ1) is 13.0. The number of rotatable bonds is 6. The lowest BCUT2D eigenvalue weighted by Gasteiger charge is -2.39. The highest BCUT2D eigenvalue weighted by atomic mass is 16.2. The Labute approximate surface area is 94.5 Å². The van der Waals surface area contributed by atoms with E-state index in [1.807, 2.05) is 0 Å². The first-order valence-electron chi connectivity index (χ1n) is 6.51. The van der Waals surface area contributed by atoms with E-state index in [0.717, 1.165) is 19.4 Å². The molecule has 0 aliphatic heterocycles. The van der Waals surface area contributed by atoms with Gasteiger partial charge in [0.2, 0.25) is 0 Å². The van der Waals surface area contributed by atoms with Crippen molar-refractivity contribution in [3.8, 4) is 0 Å². The summed E-state index contributed by atoms with van der Waals surface area (Å²) in [5.74, 6) is 0. The number of aliphatic hydroxyl groups excluding tert-OH is 1.